The highest BCUT2D eigenvalue weighted by atomic mass is 79.9. The van der Waals surface area contributed by atoms with Crippen LogP contribution in [0.1, 0.15) is 24.8 Å². The molecule has 0 bridgehead atoms. The van der Waals surface area contributed by atoms with E-state index in [1.165, 1.54) is 24.8 Å². The van der Waals surface area contributed by atoms with Crippen LogP contribution in [0.25, 0.3) is 0 Å². The maximum Gasteiger partial charge on any atom is 0.123 e. The molecular weight excluding hydrogens is 290 g/mol. The molecular formula is C15H20BrNO. The summed E-state index contributed by atoms with van der Waals surface area (Å²) in [4.78, 5) is 2.29. The van der Waals surface area contributed by atoms with Crippen molar-refractivity contribution in [1.29, 1.82) is 0 Å². The van der Waals surface area contributed by atoms with E-state index in [9.17, 15) is 0 Å². The molecule has 2 aliphatic rings. The predicted octanol–water partition coefficient (Wildman–Crippen LogP) is 3.48. The number of fused-ring (bicyclic) bond motifs is 1. The van der Waals surface area contributed by atoms with Crippen LogP contribution < -0.4 is 4.74 Å². The van der Waals surface area contributed by atoms with Crippen molar-refractivity contribution < 1.29 is 4.74 Å². The zero-order valence-corrected chi connectivity index (χ0v) is 12.7. The first-order chi connectivity index (χ1) is 8.59. The highest BCUT2D eigenvalue weighted by Crippen LogP contribution is 2.48. The lowest BCUT2D eigenvalue weighted by Gasteiger charge is -2.32. The number of rotatable bonds is 2. The van der Waals surface area contributed by atoms with Gasteiger partial charge in [0.25, 0.3) is 0 Å². The Labute approximate surface area is 117 Å². The summed E-state index contributed by atoms with van der Waals surface area (Å²) in [7, 11) is 4.31. The number of hydrogen-bond donors (Lipinski definition) is 0. The minimum atomic E-state index is 0.0768. The quantitative estimate of drug-likeness (QED) is 0.829. The summed E-state index contributed by atoms with van der Waals surface area (Å²) in [6, 6.07) is 6.40. The highest BCUT2D eigenvalue weighted by molar-refractivity contribution is 9.10. The van der Waals surface area contributed by atoms with Crippen molar-refractivity contribution in [3.8, 4) is 5.75 Å². The Bertz CT molecular complexity index is 460. The summed E-state index contributed by atoms with van der Waals surface area (Å²) in [5.74, 6) is 1.77. The van der Waals surface area contributed by atoms with Gasteiger partial charge in [-0.3, -0.25) is 0 Å². The first-order valence-electron chi connectivity index (χ1n) is 6.71. The van der Waals surface area contributed by atoms with Crippen LogP contribution in [0.5, 0.6) is 5.75 Å². The molecule has 0 saturated heterocycles. The summed E-state index contributed by atoms with van der Waals surface area (Å²) in [5, 5.41) is 0. The van der Waals surface area contributed by atoms with Crippen molar-refractivity contribution >= 4 is 15.9 Å². The fraction of sp³-hybridized carbons (Fsp3) is 0.600. The molecule has 2 atom stereocenters. The van der Waals surface area contributed by atoms with Gasteiger partial charge >= 0.3 is 0 Å². The molecule has 98 valence electrons. The Hall–Kier alpha value is -0.540. The van der Waals surface area contributed by atoms with Gasteiger partial charge in [-0.25, -0.2) is 0 Å². The molecule has 18 heavy (non-hydrogen) atoms. The Morgan fingerprint density at radius 1 is 1.44 bits per heavy atom. The van der Waals surface area contributed by atoms with Crippen molar-refractivity contribution in [2.24, 2.45) is 5.92 Å². The van der Waals surface area contributed by atoms with Crippen LogP contribution >= 0.6 is 15.9 Å². The molecule has 0 unspecified atom stereocenters. The normalized spacial score (nSPS) is 29.9. The van der Waals surface area contributed by atoms with Crippen molar-refractivity contribution in [2.45, 2.75) is 31.3 Å². The van der Waals surface area contributed by atoms with Crippen molar-refractivity contribution in [3.05, 3.63) is 28.2 Å². The van der Waals surface area contributed by atoms with Crippen LogP contribution in [0.4, 0.5) is 0 Å². The standard InChI is InChI=1S/C15H20BrNO/c1-17(2)10-12-4-3-7-15(12)9-11-8-13(16)5-6-14(11)18-15/h5-6,8,12H,3-4,7,9-10H2,1-2H3/t12-,15-/m0/s1. The molecule has 1 saturated carbocycles. The molecule has 1 spiro atoms. The molecule has 0 radical (unpaired) electrons. The molecule has 1 heterocycles. The van der Waals surface area contributed by atoms with Gasteiger partial charge in [-0.1, -0.05) is 15.9 Å². The zero-order valence-electron chi connectivity index (χ0n) is 11.1. The predicted molar refractivity (Wildman–Crippen MR) is 77.1 cm³/mol. The van der Waals surface area contributed by atoms with Crippen LogP contribution in [-0.2, 0) is 6.42 Å². The summed E-state index contributed by atoms with van der Waals surface area (Å²) < 4.78 is 7.53. The van der Waals surface area contributed by atoms with E-state index in [2.05, 4.69) is 53.1 Å². The first kappa shape index (κ1) is 12.5. The van der Waals surface area contributed by atoms with Gasteiger partial charge in [0, 0.05) is 23.4 Å². The Balaban J connectivity index is 1.86. The van der Waals surface area contributed by atoms with E-state index in [-0.39, 0.29) is 5.60 Å². The van der Waals surface area contributed by atoms with Gasteiger partial charge in [0.05, 0.1) is 0 Å². The third kappa shape index (κ3) is 2.08. The third-order valence-electron chi connectivity index (χ3n) is 4.31. The number of nitrogens with zero attached hydrogens (tertiary/aromatic N) is 1. The average Bonchev–Trinajstić information content (AvgIpc) is 2.83. The van der Waals surface area contributed by atoms with E-state index in [0.29, 0.717) is 5.92 Å². The summed E-state index contributed by atoms with van der Waals surface area (Å²) in [5.41, 5.74) is 1.45. The second-order valence-corrected chi connectivity index (χ2v) is 6.86. The highest BCUT2D eigenvalue weighted by Gasteiger charge is 2.48. The topological polar surface area (TPSA) is 12.5 Å². The molecule has 3 heteroatoms. The van der Waals surface area contributed by atoms with Gasteiger partial charge in [-0.15, -0.1) is 0 Å². The van der Waals surface area contributed by atoms with E-state index in [0.717, 1.165) is 23.2 Å². The first-order valence-corrected chi connectivity index (χ1v) is 7.50. The number of halogens is 1. The van der Waals surface area contributed by atoms with Crippen LogP contribution in [0, 0.1) is 5.92 Å². The fourth-order valence-electron chi connectivity index (χ4n) is 3.54. The summed E-state index contributed by atoms with van der Waals surface area (Å²) >= 11 is 3.55. The molecule has 2 nitrogen and oxygen atoms in total. The lowest BCUT2D eigenvalue weighted by atomic mass is 9.86. The van der Waals surface area contributed by atoms with E-state index in [4.69, 9.17) is 4.74 Å². The molecule has 1 aromatic rings. The molecule has 1 fully saturated rings. The van der Waals surface area contributed by atoms with Gasteiger partial charge in [0.15, 0.2) is 0 Å². The van der Waals surface area contributed by atoms with E-state index < -0.39 is 0 Å². The van der Waals surface area contributed by atoms with E-state index >= 15 is 0 Å². The zero-order chi connectivity index (χ0) is 12.8. The number of hydrogen-bond acceptors (Lipinski definition) is 2. The third-order valence-corrected chi connectivity index (χ3v) is 4.80. The fourth-order valence-corrected chi connectivity index (χ4v) is 3.95. The second kappa shape index (κ2) is 4.53. The van der Waals surface area contributed by atoms with Crippen molar-refractivity contribution in [1.82, 2.24) is 4.90 Å². The summed E-state index contributed by atoms with van der Waals surface area (Å²) in [6.07, 6.45) is 4.89. The lowest BCUT2D eigenvalue weighted by Crippen LogP contribution is -2.42. The largest absolute Gasteiger partial charge is 0.486 e. The molecule has 0 aromatic heterocycles. The Morgan fingerprint density at radius 2 is 2.28 bits per heavy atom. The Morgan fingerprint density at radius 3 is 3.06 bits per heavy atom. The van der Waals surface area contributed by atoms with Crippen LogP contribution in [0.15, 0.2) is 22.7 Å². The van der Waals surface area contributed by atoms with Crippen molar-refractivity contribution in [2.75, 3.05) is 20.6 Å². The van der Waals surface area contributed by atoms with Gasteiger partial charge < -0.3 is 9.64 Å². The average molecular weight is 310 g/mol. The molecule has 1 aromatic carbocycles. The van der Waals surface area contributed by atoms with Crippen LogP contribution in [0.2, 0.25) is 0 Å². The second-order valence-electron chi connectivity index (χ2n) is 5.95. The van der Waals surface area contributed by atoms with Gasteiger partial charge in [-0.05, 0) is 57.1 Å². The summed E-state index contributed by atoms with van der Waals surface area (Å²) in [6.45, 7) is 1.13. The van der Waals surface area contributed by atoms with E-state index in [1.807, 2.05) is 0 Å². The maximum atomic E-state index is 6.38. The van der Waals surface area contributed by atoms with Gasteiger partial charge in [0.2, 0.25) is 0 Å². The number of ether oxygens (including phenoxy) is 1. The van der Waals surface area contributed by atoms with Gasteiger partial charge in [-0.2, -0.15) is 0 Å². The molecule has 1 aliphatic heterocycles. The molecule has 0 N–H and O–H groups in total. The lowest BCUT2D eigenvalue weighted by molar-refractivity contribution is 0.0408. The molecule has 0 amide bonds. The van der Waals surface area contributed by atoms with Crippen molar-refractivity contribution in [3.63, 3.8) is 0 Å². The molecule has 3 rings (SSSR count). The Kier molecular flexibility index (Phi) is 3.15. The van der Waals surface area contributed by atoms with Crippen LogP contribution in [0.3, 0.4) is 0 Å². The monoisotopic (exact) mass is 309 g/mol. The molecule has 1 aliphatic carbocycles. The van der Waals surface area contributed by atoms with Crippen LogP contribution in [-0.4, -0.2) is 31.1 Å². The van der Waals surface area contributed by atoms with E-state index in [1.54, 1.807) is 0 Å². The number of benzene rings is 1. The minimum Gasteiger partial charge on any atom is -0.486 e. The smallest absolute Gasteiger partial charge is 0.123 e. The minimum absolute atomic E-state index is 0.0768. The maximum absolute atomic E-state index is 6.38. The SMILES string of the molecule is CN(C)C[C@@H]1CCC[C@]12Cc1cc(Br)ccc1O2. The van der Waals surface area contributed by atoms with Gasteiger partial charge in [0.1, 0.15) is 11.4 Å².